The third kappa shape index (κ3) is 3.66. The molecule has 0 unspecified atom stereocenters. The molecule has 2 aromatic heterocycles. The molecule has 0 aliphatic heterocycles. The first kappa shape index (κ1) is 18.5. The molecule has 1 N–H and O–H groups in total. The van der Waals surface area contributed by atoms with Crippen LogP contribution in [0.1, 0.15) is 23.4 Å². The molecule has 3 rings (SSSR count). The van der Waals surface area contributed by atoms with Crippen LogP contribution < -0.4 is 5.32 Å². The molecule has 7 nitrogen and oxygen atoms in total. The third-order valence-corrected chi connectivity index (χ3v) is 4.27. The van der Waals surface area contributed by atoms with E-state index in [1.54, 1.807) is 24.3 Å². The number of hydrogen-bond donors (Lipinski definition) is 1. The Kier molecular flexibility index (Phi) is 5.19. The summed E-state index contributed by atoms with van der Waals surface area (Å²) >= 11 is 5.84. The largest absolute Gasteiger partial charge is 0.308 e. The minimum absolute atomic E-state index is 0.163. The molecule has 3 aromatic rings. The molecule has 0 saturated heterocycles. The minimum atomic E-state index is -2.84. The summed E-state index contributed by atoms with van der Waals surface area (Å²) < 4.78 is 28.3. The first-order valence-corrected chi connectivity index (χ1v) is 8.14. The zero-order chi connectivity index (χ0) is 19.6. The van der Waals surface area contributed by atoms with Crippen LogP contribution in [0.2, 0.25) is 5.02 Å². The molecule has 27 heavy (non-hydrogen) atoms. The van der Waals surface area contributed by atoms with Gasteiger partial charge < -0.3 is 5.32 Å². The van der Waals surface area contributed by atoms with Gasteiger partial charge in [-0.25, -0.2) is 13.5 Å². The summed E-state index contributed by atoms with van der Waals surface area (Å²) in [4.78, 5) is 12.4. The van der Waals surface area contributed by atoms with Crippen LogP contribution in [-0.4, -0.2) is 25.5 Å². The number of nitrogens with one attached hydrogen (secondary N) is 1. The van der Waals surface area contributed by atoms with Crippen molar-refractivity contribution in [3.05, 3.63) is 58.5 Å². The lowest BCUT2D eigenvalue weighted by molar-refractivity contribution is -0.117. The first-order valence-electron chi connectivity index (χ1n) is 7.76. The molecule has 0 saturated carbocycles. The number of hydrogen-bond acceptors (Lipinski definition) is 4. The van der Waals surface area contributed by atoms with Gasteiger partial charge >= 0.3 is 0 Å². The van der Waals surface area contributed by atoms with Crippen LogP contribution in [0.15, 0.2) is 36.5 Å². The molecule has 0 atom stereocenters. The van der Waals surface area contributed by atoms with E-state index in [0.717, 1.165) is 4.68 Å². The summed E-state index contributed by atoms with van der Waals surface area (Å²) in [5, 5.41) is 19.5. The number of amides is 1. The minimum Gasteiger partial charge on any atom is -0.308 e. The number of nitrogens with zero attached hydrogens (tertiary/aromatic N) is 5. The topological polar surface area (TPSA) is 88.5 Å². The van der Waals surface area contributed by atoms with Crippen LogP contribution in [0.3, 0.4) is 0 Å². The lowest BCUT2D eigenvalue weighted by Gasteiger charge is -2.10. The Bertz CT molecular complexity index is 1020. The Labute approximate surface area is 157 Å². The first-order chi connectivity index (χ1) is 12.9. The SMILES string of the molecule is Cc1c(Cl)c(C(F)F)nn1CC(=O)Nc1c(C#N)cnn1-c1ccccc1. The average molecular weight is 391 g/mol. The highest BCUT2D eigenvalue weighted by Crippen LogP contribution is 2.28. The van der Waals surface area contributed by atoms with Gasteiger partial charge in [0.15, 0.2) is 5.82 Å². The molecule has 0 spiro atoms. The van der Waals surface area contributed by atoms with E-state index in [1.165, 1.54) is 17.8 Å². The third-order valence-electron chi connectivity index (χ3n) is 3.81. The van der Waals surface area contributed by atoms with Gasteiger partial charge in [0, 0.05) is 0 Å². The van der Waals surface area contributed by atoms with Crippen molar-refractivity contribution >= 4 is 23.3 Å². The number of alkyl halides is 2. The van der Waals surface area contributed by atoms with E-state index < -0.39 is 18.0 Å². The number of anilines is 1. The Morgan fingerprint density at radius 2 is 2.07 bits per heavy atom. The maximum absolute atomic E-state index is 12.9. The maximum atomic E-state index is 12.9. The van der Waals surface area contributed by atoms with Crippen molar-refractivity contribution in [2.75, 3.05) is 5.32 Å². The van der Waals surface area contributed by atoms with Gasteiger partial charge in [-0.2, -0.15) is 15.5 Å². The number of nitriles is 1. The van der Waals surface area contributed by atoms with Crippen LogP contribution in [-0.2, 0) is 11.3 Å². The molecule has 1 aromatic carbocycles. The molecule has 0 bridgehead atoms. The summed E-state index contributed by atoms with van der Waals surface area (Å²) in [6.45, 7) is 1.15. The Morgan fingerprint density at radius 1 is 1.37 bits per heavy atom. The molecule has 138 valence electrons. The average Bonchev–Trinajstić information content (AvgIpc) is 3.18. The van der Waals surface area contributed by atoms with Crippen molar-refractivity contribution in [3.63, 3.8) is 0 Å². The van der Waals surface area contributed by atoms with Crippen LogP contribution in [0.5, 0.6) is 0 Å². The van der Waals surface area contributed by atoms with Crippen LogP contribution >= 0.6 is 11.6 Å². The molecule has 0 aliphatic rings. The van der Waals surface area contributed by atoms with Crippen molar-refractivity contribution in [2.24, 2.45) is 0 Å². The summed E-state index contributed by atoms with van der Waals surface area (Å²) in [6.07, 6.45) is -1.52. The molecule has 10 heteroatoms. The molecule has 0 radical (unpaired) electrons. The van der Waals surface area contributed by atoms with Gasteiger partial charge in [-0.3, -0.25) is 9.48 Å². The van der Waals surface area contributed by atoms with Gasteiger partial charge in [0.1, 0.15) is 23.9 Å². The molecule has 1 amide bonds. The quantitative estimate of drug-likeness (QED) is 0.722. The number of carbonyl (C=O) groups is 1. The summed E-state index contributed by atoms with van der Waals surface area (Å²) in [5.74, 6) is -0.383. The van der Waals surface area contributed by atoms with Crippen LogP contribution in [0.25, 0.3) is 5.69 Å². The highest BCUT2D eigenvalue weighted by molar-refractivity contribution is 6.31. The van der Waals surface area contributed by atoms with Crippen molar-refractivity contribution < 1.29 is 13.6 Å². The zero-order valence-electron chi connectivity index (χ0n) is 14.0. The predicted molar refractivity (Wildman–Crippen MR) is 93.8 cm³/mol. The zero-order valence-corrected chi connectivity index (χ0v) is 14.8. The van der Waals surface area contributed by atoms with Crippen molar-refractivity contribution in [1.82, 2.24) is 19.6 Å². The van der Waals surface area contributed by atoms with E-state index >= 15 is 0 Å². The van der Waals surface area contributed by atoms with E-state index in [0.29, 0.717) is 5.69 Å². The highest BCUT2D eigenvalue weighted by atomic mass is 35.5. The molecule has 2 heterocycles. The second-order valence-corrected chi connectivity index (χ2v) is 5.94. The van der Waals surface area contributed by atoms with Gasteiger partial charge in [0.25, 0.3) is 6.43 Å². The molecule has 0 fully saturated rings. The van der Waals surface area contributed by atoms with E-state index in [9.17, 15) is 18.8 Å². The van der Waals surface area contributed by atoms with E-state index in [2.05, 4.69) is 15.5 Å². The smallest absolute Gasteiger partial charge is 0.283 e. The lowest BCUT2D eigenvalue weighted by Crippen LogP contribution is -2.22. The lowest BCUT2D eigenvalue weighted by atomic mass is 10.3. The van der Waals surface area contributed by atoms with Crippen molar-refractivity contribution in [1.29, 1.82) is 5.26 Å². The van der Waals surface area contributed by atoms with Crippen LogP contribution in [0.4, 0.5) is 14.6 Å². The second-order valence-electron chi connectivity index (χ2n) is 5.56. The Hall–Kier alpha value is -3.25. The van der Waals surface area contributed by atoms with Gasteiger partial charge in [0.2, 0.25) is 5.91 Å². The number of para-hydroxylation sites is 1. The van der Waals surface area contributed by atoms with Gasteiger partial charge in [0.05, 0.1) is 22.6 Å². The van der Waals surface area contributed by atoms with Crippen molar-refractivity contribution in [2.45, 2.75) is 19.9 Å². The number of carbonyl (C=O) groups excluding carboxylic acids is 1. The van der Waals surface area contributed by atoms with Gasteiger partial charge in [-0.1, -0.05) is 29.8 Å². The predicted octanol–water partition coefficient (Wildman–Crippen LogP) is 3.48. The number of aromatic nitrogens is 4. The number of rotatable bonds is 5. The summed E-state index contributed by atoms with van der Waals surface area (Å²) in [7, 11) is 0. The highest BCUT2D eigenvalue weighted by Gasteiger charge is 2.22. The Morgan fingerprint density at radius 3 is 2.67 bits per heavy atom. The van der Waals surface area contributed by atoms with Gasteiger partial charge in [-0.05, 0) is 19.1 Å². The normalized spacial score (nSPS) is 10.8. The summed E-state index contributed by atoms with van der Waals surface area (Å²) in [5.41, 5.74) is 0.483. The fraction of sp³-hybridized carbons (Fsp3) is 0.176. The number of benzene rings is 1. The van der Waals surface area contributed by atoms with Gasteiger partial charge in [-0.15, -0.1) is 0 Å². The fourth-order valence-electron chi connectivity index (χ4n) is 2.46. The molecule has 0 aliphatic carbocycles. The number of halogens is 3. The molecular weight excluding hydrogens is 378 g/mol. The second kappa shape index (κ2) is 7.55. The van der Waals surface area contributed by atoms with E-state index in [-0.39, 0.29) is 28.6 Å². The summed E-state index contributed by atoms with van der Waals surface area (Å²) in [6, 6.07) is 10.9. The van der Waals surface area contributed by atoms with Crippen molar-refractivity contribution in [3.8, 4) is 11.8 Å². The standard InChI is InChI=1S/C17H13ClF2N6O/c1-10-14(18)15(16(19)20)24-25(10)9-13(27)23-17-11(7-21)8-22-26(17)12-5-3-2-4-6-12/h2-6,8,16H,9H2,1H3,(H,23,27). The fourth-order valence-corrected chi connectivity index (χ4v) is 2.68. The maximum Gasteiger partial charge on any atom is 0.283 e. The molecular formula is C17H13ClF2N6O. The Balaban J connectivity index is 1.86. The van der Waals surface area contributed by atoms with Crippen LogP contribution in [0, 0.1) is 18.3 Å². The van der Waals surface area contributed by atoms with E-state index in [4.69, 9.17) is 11.6 Å². The monoisotopic (exact) mass is 390 g/mol. The van der Waals surface area contributed by atoms with E-state index in [1.807, 2.05) is 12.1 Å².